The largest absolute Gasteiger partial charge is 0.444 e. The number of rotatable bonds is 6. The normalized spacial score (nSPS) is 14.9. The number of halogens is 1. The number of oxazole rings is 1. The molecule has 4 aromatic rings. The van der Waals surface area contributed by atoms with Gasteiger partial charge in [0.15, 0.2) is 0 Å². The van der Waals surface area contributed by atoms with Gasteiger partial charge in [-0.1, -0.05) is 53.7 Å². The van der Waals surface area contributed by atoms with E-state index in [0.717, 1.165) is 65.9 Å². The molecule has 1 aliphatic rings. The molecule has 0 spiro atoms. The van der Waals surface area contributed by atoms with Crippen LogP contribution in [-0.4, -0.2) is 46.2 Å². The van der Waals surface area contributed by atoms with Gasteiger partial charge in [-0.2, -0.15) is 0 Å². The molecule has 1 aliphatic heterocycles. The number of morpholine rings is 1. The van der Waals surface area contributed by atoms with Crippen LogP contribution in [0.15, 0.2) is 64.2 Å². The van der Waals surface area contributed by atoms with E-state index in [9.17, 15) is 0 Å². The summed E-state index contributed by atoms with van der Waals surface area (Å²) in [6.07, 6.45) is 1.68. The van der Waals surface area contributed by atoms with Gasteiger partial charge < -0.3 is 9.15 Å². The van der Waals surface area contributed by atoms with Crippen molar-refractivity contribution in [3.8, 4) is 11.5 Å². The fourth-order valence-corrected chi connectivity index (χ4v) is 4.64. The Morgan fingerprint density at radius 1 is 0.968 bits per heavy atom. The van der Waals surface area contributed by atoms with E-state index in [2.05, 4.69) is 16.0 Å². The zero-order valence-corrected chi connectivity index (χ0v) is 18.4. The number of hydrogen-bond donors (Lipinski definition) is 0. The molecule has 0 amide bonds. The van der Waals surface area contributed by atoms with Crippen molar-refractivity contribution in [2.75, 3.05) is 26.3 Å². The Morgan fingerprint density at radius 3 is 2.65 bits per heavy atom. The number of ether oxygens (including phenoxy) is 1. The first-order valence-corrected chi connectivity index (χ1v) is 11.5. The zero-order valence-electron chi connectivity index (χ0n) is 16.8. The minimum atomic E-state index is 0.529. The smallest absolute Gasteiger partial charge is 0.227 e. The third-order valence-electron chi connectivity index (χ3n) is 5.10. The minimum absolute atomic E-state index is 0.529. The Balaban J connectivity index is 1.36. The van der Waals surface area contributed by atoms with E-state index in [1.807, 2.05) is 42.5 Å². The number of thioether (sulfide) groups is 1. The first-order chi connectivity index (χ1) is 15.3. The molecule has 0 atom stereocenters. The average Bonchev–Trinajstić information content (AvgIpc) is 3.27. The van der Waals surface area contributed by atoms with Gasteiger partial charge in [-0.15, -0.1) is 0 Å². The van der Waals surface area contributed by atoms with Crippen molar-refractivity contribution in [1.82, 2.24) is 19.9 Å². The number of nitrogens with zero attached hydrogens (tertiary/aromatic N) is 4. The van der Waals surface area contributed by atoms with Crippen LogP contribution in [0.25, 0.3) is 22.4 Å². The summed E-state index contributed by atoms with van der Waals surface area (Å²) in [5.41, 5.74) is 2.60. The molecule has 6 nitrogen and oxygen atoms in total. The monoisotopic (exact) mass is 452 g/mol. The lowest BCUT2D eigenvalue weighted by atomic mass is 10.2. The van der Waals surface area contributed by atoms with E-state index < -0.39 is 0 Å². The third kappa shape index (κ3) is 4.75. The van der Waals surface area contributed by atoms with Gasteiger partial charge in [-0.05, 0) is 18.2 Å². The number of aromatic nitrogens is 3. The van der Waals surface area contributed by atoms with Crippen LogP contribution in [0.3, 0.4) is 0 Å². The standard InChI is InChI=1S/C23H21ClN4O2S/c24-19-7-3-1-5-17(19)22-25-16(14-30-22)15-31-23-18-6-2-4-8-20(18)26-21(27-23)13-28-9-11-29-12-10-28/h1-8,14H,9-13,15H2. The van der Waals surface area contributed by atoms with Crippen molar-refractivity contribution in [3.05, 3.63) is 71.3 Å². The van der Waals surface area contributed by atoms with Gasteiger partial charge in [0.25, 0.3) is 0 Å². The van der Waals surface area contributed by atoms with Gasteiger partial charge in [0.2, 0.25) is 5.89 Å². The molecule has 0 N–H and O–H groups in total. The van der Waals surface area contributed by atoms with E-state index in [0.29, 0.717) is 16.7 Å². The van der Waals surface area contributed by atoms with Gasteiger partial charge in [-0.25, -0.2) is 15.0 Å². The predicted molar refractivity (Wildman–Crippen MR) is 122 cm³/mol. The SMILES string of the molecule is Clc1ccccc1-c1nc(CSc2nc(CN3CCOCC3)nc3ccccc23)co1. The molecule has 0 bridgehead atoms. The Kier molecular flexibility index (Phi) is 6.18. The van der Waals surface area contributed by atoms with E-state index >= 15 is 0 Å². The maximum absolute atomic E-state index is 6.27. The summed E-state index contributed by atoms with van der Waals surface area (Å²) in [6.45, 7) is 4.05. The summed E-state index contributed by atoms with van der Waals surface area (Å²) in [5.74, 6) is 2.01. The Labute approximate surface area is 189 Å². The molecule has 8 heteroatoms. The van der Waals surface area contributed by atoms with Gasteiger partial charge in [0.05, 0.1) is 41.6 Å². The summed E-state index contributed by atoms with van der Waals surface area (Å²) in [7, 11) is 0. The van der Waals surface area contributed by atoms with E-state index in [1.54, 1.807) is 18.0 Å². The van der Waals surface area contributed by atoms with Crippen molar-refractivity contribution in [1.29, 1.82) is 0 Å². The molecule has 31 heavy (non-hydrogen) atoms. The lowest BCUT2D eigenvalue weighted by molar-refractivity contribution is 0.0330. The summed E-state index contributed by atoms with van der Waals surface area (Å²) >= 11 is 7.91. The highest BCUT2D eigenvalue weighted by Crippen LogP contribution is 2.31. The third-order valence-corrected chi connectivity index (χ3v) is 6.45. The Bertz CT molecular complexity index is 1190. The molecule has 1 fully saturated rings. The van der Waals surface area contributed by atoms with Crippen molar-refractivity contribution >= 4 is 34.3 Å². The van der Waals surface area contributed by atoms with Gasteiger partial charge in [0, 0.05) is 24.2 Å². The summed E-state index contributed by atoms with van der Waals surface area (Å²) in [4.78, 5) is 16.6. The van der Waals surface area contributed by atoms with Crippen molar-refractivity contribution < 1.29 is 9.15 Å². The number of para-hydroxylation sites is 1. The van der Waals surface area contributed by atoms with Crippen LogP contribution >= 0.6 is 23.4 Å². The van der Waals surface area contributed by atoms with Crippen LogP contribution in [0.5, 0.6) is 0 Å². The van der Waals surface area contributed by atoms with E-state index in [-0.39, 0.29) is 0 Å². The van der Waals surface area contributed by atoms with Crippen LogP contribution in [0.4, 0.5) is 0 Å². The molecule has 3 heterocycles. The van der Waals surface area contributed by atoms with Crippen molar-refractivity contribution in [3.63, 3.8) is 0 Å². The van der Waals surface area contributed by atoms with Gasteiger partial charge >= 0.3 is 0 Å². The maximum atomic E-state index is 6.27. The van der Waals surface area contributed by atoms with Crippen LogP contribution in [0, 0.1) is 0 Å². The molecular weight excluding hydrogens is 432 g/mol. The highest BCUT2D eigenvalue weighted by molar-refractivity contribution is 7.98. The van der Waals surface area contributed by atoms with Crippen molar-refractivity contribution in [2.24, 2.45) is 0 Å². The first kappa shape index (κ1) is 20.5. The molecular formula is C23H21ClN4O2S. The van der Waals surface area contributed by atoms with Crippen LogP contribution in [0.2, 0.25) is 5.02 Å². The quantitative estimate of drug-likeness (QED) is 0.299. The average molecular weight is 453 g/mol. The molecule has 1 saturated heterocycles. The topological polar surface area (TPSA) is 64.3 Å². The fourth-order valence-electron chi connectivity index (χ4n) is 3.51. The number of benzene rings is 2. The highest BCUT2D eigenvalue weighted by Gasteiger charge is 2.16. The minimum Gasteiger partial charge on any atom is -0.444 e. The second-order valence-electron chi connectivity index (χ2n) is 7.26. The molecule has 0 unspecified atom stereocenters. The predicted octanol–water partition coefficient (Wildman–Crippen LogP) is 5.06. The van der Waals surface area contributed by atoms with E-state index in [4.69, 9.17) is 30.7 Å². The zero-order chi connectivity index (χ0) is 21.0. The lowest BCUT2D eigenvalue weighted by Gasteiger charge is -2.25. The van der Waals surface area contributed by atoms with Crippen LogP contribution in [-0.2, 0) is 17.0 Å². The number of hydrogen-bond acceptors (Lipinski definition) is 7. The Hall–Kier alpha value is -2.45. The Morgan fingerprint density at radius 2 is 1.77 bits per heavy atom. The molecule has 0 aliphatic carbocycles. The summed E-state index contributed by atoms with van der Waals surface area (Å²) < 4.78 is 11.1. The lowest BCUT2D eigenvalue weighted by Crippen LogP contribution is -2.36. The highest BCUT2D eigenvalue weighted by atomic mass is 35.5. The molecule has 5 rings (SSSR count). The van der Waals surface area contributed by atoms with Crippen LogP contribution in [0.1, 0.15) is 11.5 Å². The second kappa shape index (κ2) is 9.36. The summed E-state index contributed by atoms with van der Waals surface area (Å²) in [5, 5.41) is 2.63. The molecule has 2 aromatic heterocycles. The molecule has 0 saturated carbocycles. The maximum Gasteiger partial charge on any atom is 0.227 e. The molecule has 158 valence electrons. The first-order valence-electron chi connectivity index (χ1n) is 10.1. The fraction of sp³-hybridized carbons (Fsp3) is 0.261. The van der Waals surface area contributed by atoms with Gasteiger partial charge in [0.1, 0.15) is 17.1 Å². The van der Waals surface area contributed by atoms with Crippen molar-refractivity contribution in [2.45, 2.75) is 17.3 Å². The number of fused-ring (bicyclic) bond motifs is 1. The second-order valence-corrected chi connectivity index (χ2v) is 8.63. The van der Waals surface area contributed by atoms with Crippen LogP contribution < -0.4 is 0 Å². The van der Waals surface area contributed by atoms with E-state index in [1.165, 1.54) is 0 Å². The van der Waals surface area contributed by atoms with Gasteiger partial charge in [-0.3, -0.25) is 4.90 Å². The molecule has 2 aromatic carbocycles. The molecule has 0 radical (unpaired) electrons. The summed E-state index contributed by atoms with van der Waals surface area (Å²) in [6, 6.07) is 15.7.